The van der Waals surface area contributed by atoms with Gasteiger partial charge in [0.25, 0.3) is 5.92 Å². The van der Waals surface area contributed by atoms with Crippen LogP contribution in [0.25, 0.3) is 0 Å². The van der Waals surface area contributed by atoms with Gasteiger partial charge in [-0.15, -0.1) is 0 Å². The van der Waals surface area contributed by atoms with Gasteiger partial charge in [-0.1, -0.05) is 32.3 Å². The number of hydrogen-bond acceptors (Lipinski definition) is 0. The van der Waals surface area contributed by atoms with Gasteiger partial charge in [0.1, 0.15) is 0 Å². The molecule has 4 heteroatoms. The molecule has 1 saturated carbocycles. The summed E-state index contributed by atoms with van der Waals surface area (Å²) in [5.41, 5.74) is -0.411. The Morgan fingerprint density at radius 2 is 1.81 bits per heavy atom. The summed E-state index contributed by atoms with van der Waals surface area (Å²) in [4.78, 5) is 0. The lowest BCUT2D eigenvalue weighted by molar-refractivity contribution is -0.0793. The van der Waals surface area contributed by atoms with E-state index in [-0.39, 0.29) is 17.9 Å². The standard InChI is InChI=1S/C17H20F4/c1-10-3-2-4-11(6-5-10)13-9-12-7-8-14(18)16(19)15(12)17(13,20)21/h7-8,10-11,13H,2-6,9H2,1H3. The van der Waals surface area contributed by atoms with E-state index >= 15 is 0 Å². The fourth-order valence-electron chi connectivity index (χ4n) is 4.05. The average molecular weight is 300 g/mol. The molecule has 0 spiro atoms. The fraction of sp³-hybridized carbons (Fsp3) is 0.647. The summed E-state index contributed by atoms with van der Waals surface area (Å²) in [7, 11) is 0. The van der Waals surface area contributed by atoms with E-state index in [9.17, 15) is 17.6 Å². The molecule has 3 unspecified atom stereocenters. The topological polar surface area (TPSA) is 0 Å². The molecule has 116 valence electrons. The minimum Gasteiger partial charge on any atom is -0.204 e. The molecule has 0 aliphatic heterocycles. The van der Waals surface area contributed by atoms with Crippen molar-refractivity contribution in [2.75, 3.05) is 0 Å². The van der Waals surface area contributed by atoms with Gasteiger partial charge in [0, 0.05) is 5.92 Å². The molecule has 0 heterocycles. The maximum Gasteiger partial charge on any atom is 0.279 e. The summed E-state index contributed by atoms with van der Waals surface area (Å²) in [6, 6.07) is 2.28. The number of benzene rings is 1. The minimum atomic E-state index is -3.25. The van der Waals surface area contributed by atoms with Crippen molar-refractivity contribution >= 4 is 0 Å². The molecular formula is C17H20F4. The van der Waals surface area contributed by atoms with E-state index in [1.807, 2.05) is 0 Å². The van der Waals surface area contributed by atoms with Crippen molar-refractivity contribution in [1.82, 2.24) is 0 Å². The van der Waals surface area contributed by atoms with Crippen LogP contribution in [0.2, 0.25) is 0 Å². The van der Waals surface area contributed by atoms with Crippen molar-refractivity contribution in [3.05, 3.63) is 34.9 Å². The van der Waals surface area contributed by atoms with Crippen LogP contribution < -0.4 is 0 Å². The Hall–Kier alpha value is -1.06. The zero-order valence-corrected chi connectivity index (χ0v) is 12.1. The largest absolute Gasteiger partial charge is 0.279 e. The monoisotopic (exact) mass is 300 g/mol. The zero-order chi connectivity index (χ0) is 15.2. The van der Waals surface area contributed by atoms with Crippen LogP contribution in [0.15, 0.2) is 12.1 Å². The van der Waals surface area contributed by atoms with E-state index < -0.39 is 29.0 Å². The van der Waals surface area contributed by atoms with Gasteiger partial charge >= 0.3 is 0 Å². The molecule has 0 aromatic heterocycles. The van der Waals surface area contributed by atoms with Crippen LogP contribution >= 0.6 is 0 Å². The van der Waals surface area contributed by atoms with E-state index in [0.29, 0.717) is 5.92 Å². The second-order valence-electron chi connectivity index (χ2n) is 6.70. The van der Waals surface area contributed by atoms with Gasteiger partial charge in [-0.3, -0.25) is 0 Å². The summed E-state index contributed by atoms with van der Waals surface area (Å²) >= 11 is 0. The molecule has 1 fully saturated rings. The Labute approximate surface area is 122 Å². The highest BCUT2D eigenvalue weighted by Crippen LogP contribution is 2.52. The molecule has 0 amide bonds. The van der Waals surface area contributed by atoms with Crippen LogP contribution in [0.5, 0.6) is 0 Å². The lowest BCUT2D eigenvalue weighted by Gasteiger charge is -2.28. The summed E-state index contributed by atoms with van der Waals surface area (Å²) < 4.78 is 56.4. The number of halogens is 4. The van der Waals surface area contributed by atoms with Crippen molar-refractivity contribution in [3.63, 3.8) is 0 Å². The Balaban J connectivity index is 1.91. The van der Waals surface area contributed by atoms with Gasteiger partial charge in [0.2, 0.25) is 0 Å². The van der Waals surface area contributed by atoms with Crippen LogP contribution in [0.4, 0.5) is 17.6 Å². The summed E-state index contributed by atoms with van der Waals surface area (Å²) in [6.07, 6.45) is 4.67. The molecule has 1 aromatic carbocycles. The highest BCUT2D eigenvalue weighted by atomic mass is 19.3. The maximum atomic E-state index is 14.7. The maximum absolute atomic E-state index is 14.7. The van der Waals surface area contributed by atoms with E-state index in [4.69, 9.17) is 0 Å². The van der Waals surface area contributed by atoms with E-state index in [0.717, 1.165) is 38.2 Å². The van der Waals surface area contributed by atoms with Crippen molar-refractivity contribution in [1.29, 1.82) is 0 Å². The third-order valence-electron chi connectivity index (χ3n) is 5.29. The van der Waals surface area contributed by atoms with Crippen molar-refractivity contribution in [2.45, 2.75) is 51.4 Å². The molecule has 2 aliphatic rings. The van der Waals surface area contributed by atoms with Crippen molar-refractivity contribution < 1.29 is 17.6 Å². The average Bonchev–Trinajstić information content (AvgIpc) is 2.57. The highest BCUT2D eigenvalue weighted by Gasteiger charge is 2.53. The Kier molecular flexibility index (Phi) is 3.74. The normalized spacial score (nSPS) is 31.8. The molecular weight excluding hydrogens is 280 g/mol. The summed E-state index contributed by atoms with van der Waals surface area (Å²) in [5, 5.41) is 0. The number of fused-ring (bicyclic) bond motifs is 1. The van der Waals surface area contributed by atoms with Gasteiger partial charge in [0.15, 0.2) is 11.6 Å². The minimum absolute atomic E-state index is 0.0974. The number of hydrogen-bond donors (Lipinski definition) is 0. The Morgan fingerprint density at radius 3 is 2.57 bits per heavy atom. The van der Waals surface area contributed by atoms with Crippen LogP contribution in [0.1, 0.15) is 50.2 Å². The van der Waals surface area contributed by atoms with Crippen LogP contribution in [-0.4, -0.2) is 0 Å². The van der Waals surface area contributed by atoms with E-state index in [1.165, 1.54) is 6.07 Å². The third-order valence-corrected chi connectivity index (χ3v) is 5.29. The second-order valence-corrected chi connectivity index (χ2v) is 6.70. The predicted molar refractivity (Wildman–Crippen MR) is 73.2 cm³/mol. The first-order valence-electron chi connectivity index (χ1n) is 7.76. The first kappa shape index (κ1) is 14.9. The molecule has 0 bridgehead atoms. The quantitative estimate of drug-likeness (QED) is 0.478. The Morgan fingerprint density at radius 1 is 1.05 bits per heavy atom. The molecule has 0 radical (unpaired) electrons. The Bertz CT molecular complexity index is 538. The molecule has 0 N–H and O–H groups in total. The highest BCUT2D eigenvalue weighted by molar-refractivity contribution is 5.39. The summed E-state index contributed by atoms with van der Waals surface area (Å²) in [5.74, 6) is -6.19. The number of alkyl halides is 2. The van der Waals surface area contributed by atoms with Crippen LogP contribution in [-0.2, 0) is 12.3 Å². The van der Waals surface area contributed by atoms with Crippen molar-refractivity contribution in [3.8, 4) is 0 Å². The van der Waals surface area contributed by atoms with E-state index in [1.54, 1.807) is 0 Å². The van der Waals surface area contributed by atoms with Crippen molar-refractivity contribution in [2.24, 2.45) is 17.8 Å². The molecule has 0 saturated heterocycles. The second kappa shape index (κ2) is 5.29. The van der Waals surface area contributed by atoms with Crippen LogP contribution in [0, 0.1) is 29.4 Å². The predicted octanol–water partition coefficient (Wildman–Crippen LogP) is 5.45. The first-order chi connectivity index (χ1) is 9.91. The van der Waals surface area contributed by atoms with Crippen LogP contribution in [0.3, 0.4) is 0 Å². The van der Waals surface area contributed by atoms with Gasteiger partial charge in [-0.2, -0.15) is 0 Å². The molecule has 3 rings (SSSR count). The molecule has 2 aliphatic carbocycles. The van der Waals surface area contributed by atoms with Gasteiger partial charge in [0.05, 0.1) is 5.56 Å². The third kappa shape index (κ3) is 2.47. The SMILES string of the molecule is CC1CCCC(C2Cc3ccc(F)c(F)c3C2(F)F)CC1. The lowest BCUT2D eigenvalue weighted by atomic mass is 9.82. The van der Waals surface area contributed by atoms with Gasteiger partial charge in [-0.25, -0.2) is 17.6 Å². The smallest absolute Gasteiger partial charge is 0.204 e. The fourth-order valence-corrected chi connectivity index (χ4v) is 4.05. The molecule has 0 nitrogen and oxygen atoms in total. The first-order valence-corrected chi connectivity index (χ1v) is 7.76. The molecule has 21 heavy (non-hydrogen) atoms. The lowest BCUT2D eigenvalue weighted by Crippen LogP contribution is -2.29. The molecule has 3 atom stereocenters. The zero-order valence-electron chi connectivity index (χ0n) is 12.1. The van der Waals surface area contributed by atoms with Gasteiger partial charge < -0.3 is 0 Å². The van der Waals surface area contributed by atoms with Gasteiger partial charge in [-0.05, 0) is 42.7 Å². The molecule has 1 aromatic rings. The summed E-state index contributed by atoms with van der Waals surface area (Å²) in [6.45, 7) is 2.15. The van der Waals surface area contributed by atoms with E-state index in [2.05, 4.69) is 6.92 Å². The number of rotatable bonds is 1.